The molecule has 18 heavy (non-hydrogen) atoms. The van der Waals surface area contributed by atoms with Crippen molar-refractivity contribution in [2.24, 2.45) is 5.92 Å². The summed E-state index contributed by atoms with van der Waals surface area (Å²) in [5, 5.41) is 19.9. The molecule has 0 spiro atoms. The molecule has 0 aliphatic heterocycles. The molecule has 6 heteroatoms. The van der Waals surface area contributed by atoms with Crippen LogP contribution in [-0.2, 0) is 4.79 Å². The van der Waals surface area contributed by atoms with E-state index in [-0.39, 0.29) is 17.4 Å². The predicted molar refractivity (Wildman–Crippen MR) is 62.6 cm³/mol. The molecule has 0 amide bonds. The SMILES string of the molecule is Cc1ccc(OC(C(=O)O)C2CC2)c([N+](=O)[O-])c1. The molecule has 1 fully saturated rings. The molecule has 1 atom stereocenters. The lowest BCUT2D eigenvalue weighted by Gasteiger charge is -2.14. The minimum atomic E-state index is -1.08. The van der Waals surface area contributed by atoms with Gasteiger partial charge < -0.3 is 9.84 Å². The Morgan fingerprint density at radius 1 is 1.56 bits per heavy atom. The highest BCUT2D eigenvalue weighted by atomic mass is 16.6. The number of benzene rings is 1. The summed E-state index contributed by atoms with van der Waals surface area (Å²) in [7, 11) is 0. The normalized spacial score (nSPS) is 16.1. The molecule has 0 aromatic heterocycles. The van der Waals surface area contributed by atoms with E-state index in [9.17, 15) is 14.9 Å². The number of rotatable bonds is 5. The number of nitro benzene ring substituents is 1. The van der Waals surface area contributed by atoms with Crippen LogP contribution in [0.3, 0.4) is 0 Å². The predicted octanol–water partition coefficient (Wildman–Crippen LogP) is 2.15. The number of hydrogen-bond acceptors (Lipinski definition) is 4. The standard InChI is InChI=1S/C12H13NO5/c1-7-2-5-10(9(6-7)13(16)17)18-11(12(14)15)8-3-4-8/h2,5-6,8,11H,3-4H2,1H3,(H,14,15). The van der Waals surface area contributed by atoms with E-state index in [2.05, 4.69) is 0 Å². The summed E-state index contributed by atoms with van der Waals surface area (Å²) < 4.78 is 5.31. The van der Waals surface area contributed by atoms with Crippen LogP contribution < -0.4 is 4.74 Å². The molecule has 1 aliphatic carbocycles. The smallest absolute Gasteiger partial charge is 0.345 e. The van der Waals surface area contributed by atoms with Gasteiger partial charge >= 0.3 is 11.7 Å². The molecular formula is C12H13NO5. The van der Waals surface area contributed by atoms with Crippen LogP contribution in [0.5, 0.6) is 5.75 Å². The highest BCUT2D eigenvalue weighted by Gasteiger charge is 2.39. The third-order valence-electron chi connectivity index (χ3n) is 2.86. The van der Waals surface area contributed by atoms with Gasteiger partial charge in [0.25, 0.3) is 0 Å². The molecule has 6 nitrogen and oxygen atoms in total. The number of carboxylic acids is 1. The first-order valence-electron chi connectivity index (χ1n) is 5.63. The second-order valence-corrected chi connectivity index (χ2v) is 4.44. The summed E-state index contributed by atoms with van der Waals surface area (Å²) in [6, 6.07) is 4.49. The van der Waals surface area contributed by atoms with E-state index in [1.54, 1.807) is 13.0 Å². The first-order chi connectivity index (χ1) is 8.49. The van der Waals surface area contributed by atoms with E-state index >= 15 is 0 Å². The molecular weight excluding hydrogens is 238 g/mol. The van der Waals surface area contributed by atoms with Gasteiger partial charge in [-0.05, 0) is 31.4 Å². The molecule has 0 bridgehead atoms. The second-order valence-electron chi connectivity index (χ2n) is 4.44. The largest absolute Gasteiger partial charge is 0.478 e. The lowest BCUT2D eigenvalue weighted by Crippen LogP contribution is -2.29. The molecule has 0 radical (unpaired) electrons. The van der Waals surface area contributed by atoms with Gasteiger partial charge in [-0.1, -0.05) is 6.07 Å². The summed E-state index contributed by atoms with van der Waals surface area (Å²) in [6.45, 7) is 1.73. The Hall–Kier alpha value is -2.11. The number of carboxylic acid groups (broad SMARTS) is 1. The number of aliphatic carboxylic acids is 1. The van der Waals surface area contributed by atoms with E-state index in [0.29, 0.717) is 0 Å². The Bertz CT molecular complexity index is 495. The lowest BCUT2D eigenvalue weighted by atomic mass is 10.2. The van der Waals surface area contributed by atoms with Crippen molar-refractivity contribution in [3.63, 3.8) is 0 Å². The van der Waals surface area contributed by atoms with Gasteiger partial charge in [0.2, 0.25) is 0 Å². The Balaban J connectivity index is 2.27. The van der Waals surface area contributed by atoms with E-state index < -0.39 is 17.0 Å². The number of hydrogen-bond donors (Lipinski definition) is 1. The minimum absolute atomic E-state index is 0.0184. The maximum Gasteiger partial charge on any atom is 0.345 e. The fourth-order valence-electron chi connectivity index (χ4n) is 1.75. The van der Waals surface area contributed by atoms with Crippen molar-refractivity contribution in [1.82, 2.24) is 0 Å². The quantitative estimate of drug-likeness (QED) is 0.639. The molecule has 1 unspecified atom stereocenters. The van der Waals surface area contributed by atoms with Crippen LogP contribution in [0.25, 0.3) is 0 Å². The summed E-state index contributed by atoms with van der Waals surface area (Å²) in [5.74, 6) is -1.10. The molecule has 2 rings (SSSR count). The van der Waals surface area contributed by atoms with Gasteiger partial charge in [0.1, 0.15) is 0 Å². The van der Waals surface area contributed by atoms with Crippen molar-refractivity contribution in [1.29, 1.82) is 0 Å². The fourth-order valence-corrected chi connectivity index (χ4v) is 1.75. The van der Waals surface area contributed by atoms with Crippen molar-refractivity contribution in [3.05, 3.63) is 33.9 Å². The minimum Gasteiger partial charge on any atom is -0.478 e. The molecule has 96 valence electrons. The Morgan fingerprint density at radius 3 is 2.72 bits per heavy atom. The van der Waals surface area contributed by atoms with E-state index in [1.165, 1.54) is 12.1 Å². The summed E-state index contributed by atoms with van der Waals surface area (Å²) in [5.41, 5.74) is 0.536. The number of aryl methyl sites for hydroxylation is 1. The third kappa shape index (κ3) is 2.58. The second kappa shape index (κ2) is 4.64. The van der Waals surface area contributed by atoms with Crippen LogP contribution in [0.1, 0.15) is 18.4 Å². The van der Waals surface area contributed by atoms with Crippen LogP contribution in [0.2, 0.25) is 0 Å². The zero-order chi connectivity index (χ0) is 13.3. The topological polar surface area (TPSA) is 89.7 Å². The Labute approximate surface area is 103 Å². The van der Waals surface area contributed by atoms with Crippen molar-refractivity contribution >= 4 is 11.7 Å². The molecule has 1 aliphatic rings. The van der Waals surface area contributed by atoms with Gasteiger partial charge in [0, 0.05) is 12.0 Å². The van der Waals surface area contributed by atoms with Gasteiger partial charge in [-0.25, -0.2) is 4.79 Å². The summed E-state index contributed by atoms with van der Waals surface area (Å²) in [4.78, 5) is 21.4. The maximum absolute atomic E-state index is 11.0. The van der Waals surface area contributed by atoms with Crippen LogP contribution >= 0.6 is 0 Å². The molecule has 1 aromatic rings. The first-order valence-corrected chi connectivity index (χ1v) is 5.63. The van der Waals surface area contributed by atoms with Crippen molar-refractivity contribution < 1.29 is 19.6 Å². The highest BCUT2D eigenvalue weighted by molar-refractivity contribution is 5.74. The lowest BCUT2D eigenvalue weighted by molar-refractivity contribution is -0.386. The van der Waals surface area contributed by atoms with E-state index in [4.69, 9.17) is 9.84 Å². The first kappa shape index (κ1) is 12.3. The fraction of sp³-hybridized carbons (Fsp3) is 0.417. The molecule has 0 heterocycles. The Kier molecular flexibility index (Phi) is 3.18. The average Bonchev–Trinajstić information content (AvgIpc) is 3.10. The summed E-state index contributed by atoms with van der Waals surface area (Å²) >= 11 is 0. The van der Waals surface area contributed by atoms with E-state index in [0.717, 1.165) is 18.4 Å². The Morgan fingerprint density at radius 2 is 2.22 bits per heavy atom. The van der Waals surface area contributed by atoms with Crippen LogP contribution in [0, 0.1) is 23.0 Å². The monoisotopic (exact) mass is 251 g/mol. The van der Waals surface area contributed by atoms with Gasteiger partial charge in [0.15, 0.2) is 11.9 Å². The maximum atomic E-state index is 11.0. The van der Waals surface area contributed by atoms with Crippen LogP contribution in [0.15, 0.2) is 18.2 Å². The molecule has 1 aromatic carbocycles. The van der Waals surface area contributed by atoms with Crippen molar-refractivity contribution in [3.8, 4) is 5.75 Å². The molecule has 1 saturated carbocycles. The van der Waals surface area contributed by atoms with Crippen molar-refractivity contribution in [2.75, 3.05) is 0 Å². The molecule has 1 N–H and O–H groups in total. The van der Waals surface area contributed by atoms with Gasteiger partial charge in [0.05, 0.1) is 4.92 Å². The number of carbonyl (C=O) groups is 1. The third-order valence-corrected chi connectivity index (χ3v) is 2.86. The van der Waals surface area contributed by atoms with Crippen LogP contribution in [-0.4, -0.2) is 22.1 Å². The number of nitrogens with zero attached hydrogens (tertiary/aromatic N) is 1. The zero-order valence-electron chi connectivity index (χ0n) is 9.83. The van der Waals surface area contributed by atoms with Gasteiger partial charge in [-0.3, -0.25) is 10.1 Å². The molecule has 0 saturated heterocycles. The van der Waals surface area contributed by atoms with Gasteiger partial charge in [-0.15, -0.1) is 0 Å². The summed E-state index contributed by atoms with van der Waals surface area (Å²) in [6.07, 6.45) is 0.583. The van der Waals surface area contributed by atoms with Gasteiger partial charge in [-0.2, -0.15) is 0 Å². The highest BCUT2D eigenvalue weighted by Crippen LogP contribution is 2.37. The number of ether oxygens (including phenoxy) is 1. The number of nitro groups is 1. The average molecular weight is 251 g/mol. The van der Waals surface area contributed by atoms with Crippen LogP contribution in [0.4, 0.5) is 5.69 Å². The zero-order valence-corrected chi connectivity index (χ0v) is 9.83. The van der Waals surface area contributed by atoms with E-state index in [1.807, 2.05) is 0 Å². The van der Waals surface area contributed by atoms with Crippen molar-refractivity contribution in [2.45, 2.75) is 25.9 Å².